The molecule has 0 unspecified atom stereocenters. The van der Waals surface area contributed by atoms with E-state index in [1.807, 2.05) is 0 Å². The number of hydrogen-bond donors (Lipinski definition) is 0. The van der Waals surface area contributed by atoms with E-state index in [1.54, 1.807) is 0 Å². The number of hydrogen-bond acceptors (Lipinski definition) is 1. The van der Waals surface area contributed by atoms with Crippen molar-refractivity contribution < 1.29 is 0 Å². The molecule has 0 radical (unpaired) electrons. The van der Waals surface area contributed by atoms with E-state index in [2.05, 4.69) is 91.6 Å². The zero-order valence-electron chi connectivity index (χ0n) is 17.3. The van der Waals surface area contributed by atoms with Crippen molar-refractivity contribution in [3.05, 3.63) is 46.5 Å². The summed E-state index contributed by atoms with van der Waals surface area (Å²) in [4.78, 5) is 4.46. The first-order chi connectivity index (χ1) is 11.2. The van der Waals surface area contributed by atoms with Crippen LogP contribution < -0.4 is 0 Å². The topological polar surface area (TPSA) is 12.4 Å². The summed E-state index contributed by atoms with van der Waals surface area (Å²) in [6, 6.07) is 6.63. The molecule has 1 heterocycles. The van der Waals surface area contributed by atoms with Gasteiger partial charge in [-0.3, -0.25) is 4.99 Å². The summed E-state index contributed by atoms with van der Waals surface area (Å²) in [5.74, 6) is 2.50. The van der Waals surface area contributed by atoms with Crippen LogP contribution in [0.2, 0.25) is 0 Å². The van der Waals surface area contributed by atoms with Gasteiger partial charge in [0.1, 0.15) is 0 Å². The van der Waals surface area contributed by atoms with Crippen LogP contribution in [-0.2, 0) is 0 Å². The van der Waals surface area contributed by atoms with Gasteiger partial charge in [-0.05, 0) is 52.9 Å². The predicted molar refractivity (Wildman–Crippen MR) is 109 cm³/mol. The number of aryl methyl sites for hydroxylation is 1. The van der Waals surface area contributed by atoms with E-state index in [0.29, 0.717) is 23.7 Å². The SMILES string of the molecule is CC(C)C1=CCN=C1C(C)C.Cc1cccc(C(C)C)c1C(C)C. The second-order valence-corrected chi connectivity index (χ2v) is 8.08. The Kier molecular flexibility index (Phi) is 7.93. The molecule has 0 aliphatic carbocycles. The summed E-state index contributed by atoms with van der Waals surface area (Å²) in [5.41, 5.74) is 7.26. The maximum absolute atomic E-state index is 4.46. The molecule has 1 nitrogen and oxygen atoms in total. The van der Waals surface area contributed by atoms with E-state index in [-0.39, 0.29) is 0 Å². The van der Waals surface area contributed by atoms with Gasteiger partial charge in [0.25, 0.3) is 0 Å². The molecule has 0 saturated carbocycles. The minimum absolute atomic E-state index is 0.589. The maximum Gasteiger partial charge on any atom is 0.0580 e. The number of rotatable bonds is 4. The van der Waals surface area contributed by atoms with Gasteiger partial charge < -0.3 is 0 Å². The fourth-order valence-corrected chi connectivity index (χ4v) is 3.48. The molecule has 1 heteroatoms. The van der Waals surface area contributed by atoms with Gasteiger partial charge in [0.15, 0.2) is 0 Å². The Bertz CT molecular complexity index is 564. The van der Waals surface area contributed by atoms with Crippen molar-refractivity contribution in [3.63, 3.8) is 0 Å². The Morgan fingerprint density at radius 1 is 0.792 bits per heavy atom. The fraction of sp³-hybridized carbons (Fsp3) is 0.609. The smallest absolute Gasteiger partial charge is 0.0580 e. The third-order valence-electron chi connectivity index (χ3n) is 4.59. The lowest BCUT2D eigenvalue weighted by Crippen LogP contribution is -2.12. The fourth-order valence-electron chi connectivity index (χ4n) is 3.48. The van der Waals surface area contributed by atoms with E-state index in [1.165, 1.54) is 28.0 Å². The molecule has 24 heavy (non-hydrogen) atoms. The minimum Gasteiger partial charge on any atom is -0.285 e. The highest BCUT2D eigenvalue weighted by molar-refractivity contribution is 6.03. The third kappa shape index (κ3) is 5.33. The van der Waals surface area contributed by atoms with E-state index >= 15 is 0 Å². The van der Waals surface area contributed by atoms with Gasteiger partial charge in [-0.25, -0.2) is 0 Å². The quantitative estimate of drug-likeness (QED) is 0.569. The lowest BCUT2D eigenvalue weighted by molar-refractivity contribution is 0.780. The van der Waals surface area contributed by atoms with Gasteiger partial charge in [-0.15, -0.1) is 0 Å². The van der Waals surface area contributed by atoms with Crippen LogP contribution in [0.1, 0.15) is 83.9 Å². The summed E-state index contributed by atoms with van der Waals surface area (Å²) in [6.07, 6.45) is 2.25. The Balaban J connectivity index is 0.000000243. The van der Waals surface area contributed by atoms with E-state index in [9.17, 15) is 0 Å². The van der Waals surface area contributed by atoms with Gasteiger partial charge in [0.2, 0.25) is 0 Å². The average molecular weight is 328 g/mol. The van der Waals surface area contributed by atoms with E-state index < -0.39 is 0 Å². The summed E-state index contributed by atoms with van der Waals surface area (Å²) in [5, 5.41) is 0. The normalized spacial score (nSPS) is 14.2. The maximum atomic E-state index is 4.46. The largest absolute Gasteiger partial charge is 0.285 e. The molecule has 1 aliphatic rings. The van der Waals surface area contributed by atoms with E-state index in [4.69, 9.17) is 0 Å². The average Bonchev–Trinajstić information content (AvgIpc) is 2.97. The van der Waals surface area contributed by atoms with Crippen molar-refractivity contribution in [3.8, 4) is 0 Å². The highest BCUT2D eigenvalue weighted by atomic mass is 14.8. The minimum atomic E-state index is 0.589. The standard InChI is InChI=1S/C13H20.C10H17N/c1-9(2)12-8-6-7-11(5)13(12)10(3)4;1-7(2)9-5-6-11-10(9)8(3)4/h6-10H,1-5H3;5,7-8H,6H2,1-4H3. The summed E-state index contributed by atoms with van der Waals surface area (Å²) < 4.78 is 0. The molecular weight excluding hydrogens is 290 g/mol. The molecule has 1 aliphatic heterocycles. The van der Waals surface area contributed by atoms with E-state index in [0.717, 1.165) is 6.54 Å². The summed E-state index contributed by atoms with van der Waals surface area (Å²) in [6.45, 7) is 21.1. The first-order valence-corrected chi connectivity index (χ1v) is 9.50. The van der Waals surface area contributed by atoms with Crippen molar-refractivity contribution in [1.82, 2.24) is 0 Å². The van der Waals surface area contributed by atoms with Crippen LogP contribution >= 0.6 is 0 Å². The monoisotopic (exact) mass is 327 g/mol. The van der Waals surface area contributed by atoms with Gasteiger partial charge >= 0.3 is 0 Å². The van der Waals surface area contributed by atoms with Crippen LogP contribution in [0.5, 0.6) is 0 Å². The summed E-state index contributed by atoms with van der Waals surface area (Å²) >= 11 is 0. The molecule has 0 saturated heterocycles. The highest BCUT2D eigenvalue weighted by Crippen LogP contribution is 2.28. The zero-order valence-corrected chi connectivity index (χ0v) is 17.3. The van der Waals surface area contributed by atoms with Crippen LogP contribution in [0, 0.1) is 18.8 Å². The Labute approximate surface area is 150 Å². The van der Waals surface area contributed by atoms with Gasteiger partial charge in [-0.2, -0.15) is 0 Å². The number of aliphatic imine (C=N–C) groups is 1. The van der Waals surface area contributed by atoms with Crippen molar-refractivity contribution in [2.24, 2.45) is 16.8 Å². The molecule has 0 atom stereocenters. The second-order valence-electron chi connectivity index (χ2n) is 8.08. The van der Waals surface area contributed by atoms with Crippen LogP contribution in [0.4, 0.5) is 0 Å². The van der Waals surface area contributed by atoms with Crippen molar-refractivity contribution >= 4 is 5.71 Å². The van der Waals surface area contributed by atoms with Gasteiger partial charge in [0.05, 0.1) is 6.54 Å². The number of benzene rings is 1. The summed E-state index contributed by atoms with van der Waals surface area (Å²) in [7, 11) is 0. The molecule has 0 amide bonds. The van der Waals surface area contributed by atoms with Crippen LogP contribution in [0.3, 0.4) is 0 Å². The van der Waals surface area contributed by atoms with Crippen LogP contribution in [-0.4, -0.2) is 12.3 Å². The molecule has 0 fully saturated rings. The van der Waals surface area contributed by atoms with Crippen LogP contribution in [0.25, 0.3) is 0 Å². The molecule has 0 spiro atoms. The number of nitrogens with zero attached hydrogens (tertiary/aromatic N) is 1. The molecule has 0 N–H and O–H groups in total. The van der Waals surface area contributed by atoms with Gasteiger partial charge in [-0.1, -0.05) is 79.7 Å². The predicted octanol–water partition coefficient (Wildman–Crippen LogP) is 6.92. The zero-order chi connectivity index (χ0) is 18.4. The Hall–Kier alpha value is -1.37. The van der Waals surface area contributed by atoms with Crippen molar-refractivity contribution in [1.29, 1.82) is 0 Å². The molecule has 2 rings (SSSR count). The molecular formula is C23H37N. The second kappa shape index (κ2) is 9.20. The Morgan fingerprint density at radius 2 is 1.42 bits per heavy atom. The van der Waals surface area contributed by atoms with Crippen molar-refractivity contribution in [2.45, 2.75) is 74.1 Å². The lowest BCUT2D eigenvalue weighted by Gasteiger charge is -2.18. The van der Waals surface area contributed by atoms with Crippen LogP contribution in [0.15, 0.2) is 34.8 Å². The molecule has 1 aromatic rings. The molecule has 134 valence electrons. The van der Waals surface area contributed by atoms with Crippen molar-refractivity contribution in [2.75, 3.05) is 6.54 Å². The molecule has 0 bridgehead atoms. The highest BCUT2D eigenvalue weighted by Gasteiger charge is 2.17. The molecule has 0 aromatic heterocycles. The first kappa shape index (κ1) is 20.7. The lowest BCUT2D eigenvalue weighted by atomic mass is 9.87. The molecule has 1 aromatic carbocycles. The third-order valence-corrected chi connectivity index (χ3v) is 4.59. The van der Waals surface area contributed by atoms with Gasteiger partial charge in [0, 0.05) is 5.71 Å². The Morgan fingerprint density at radius 3 is 1.79 bits per heavy atom. The first-order valence-electron chi connectivity index (χ1n) is 9.50. The number of allylic oxidation sites excluding steroid dienone is 1.